The lowest BCUT2D eigenvalue weighted by molar-refractivity contribution is 0.104. The summed E-state index contributed by atoms with van der Waals surface area (Å²) in [4.78, 5) is 0. The molecular weight excluding hydrogens is 254 g/mol. The summed E-state index contributed by atoms with van der Waals surface area (Å²) in [7, 11) is 0. The highest BCUT2D eigenvalue weighted by Crippen LogP contribution is 2.32. The van der Waals surface area contributed by atoms with Gasteiger partial charge in [-0.1, -0.05) is 22.9 Å². The minimum absolute atomic E-state index is 0.0205. The van der Waals surface area contributed by atoms with Gasteiger partial charge in [-0.05, 0) is 38.3 Å². The van der Waals surface area contributed by atoms with Crippen LogP contribution in [0.3, 0.4) is 0 Å². The molecule has 1 aliphatic rings. The van der Waals surface area contributed by atoms with E-state index in [4.69, 9.17) is 4.74 Å². The minimum Gasteiger partial charge on any atom is -0.390 e. The number of rotatable bonds is 3. The van der Waals surface area contributed by atoms with Crippen LogP contribution < -0.4 is 0 Å². The van der Waals surface area contributed by atoms with Crippen LogP contribution in [0.5, 0.6) is 0 Å². The summed E-state index contributed by atoms with van der Waals surface area (Å²) in [5.41, 5.74) is 4.84. The number of ether oxygens (including phenoxy) is 1. The Morgan fingerprint density at radius 2 is 2.25 bits per heavy atom. The predicted molar refractivity (Wildman–Crippen MR) is 74.7 cm³/mol. The van der Waals surface area contributed by atoms with E-state index in [-0.39, 0.29) is 12.7 Å². The van der Waals surface area contributed by atoms with Gasteiger partial charge in [-0.2, -0.15) is 0 Å². The van der Waals surface area contributed by atoms with Gasteiger partial charge < -0.3 is 9.84 Å². The predicted octanol–water partition coefficient (Wildman–Crippen LogP) is 2.23. The van der Waals surface area contributed by atoms with E-state index in [0.29, 0.717) is 5.69 Å². The average Bonchev–Trinajstić information content (AvgIpc) is 3.06. The van der Waals surface area contributed by atoms with Gasteiger partial charge in [0.1, 0.15) is 11.8 Å². The van der Waals surface area contributed by atoms with Crippen molar-refractivity contribution in [2.75, 3.05) is 6.61 Å². The number of aliphatic hydroxyl groups is 1. The summed E-state index contributed by atoms with van der Waals surface area (Å²) in [5.74, 6) is 0. The molecule has 106 valence electrons. The van der Waals surface area contributed by atoms with Crippen LogP contribution in [0.25, 0.3) is 5.69 Å². The second kappa shape index (κ2) is 5.34. The largest absolute Gasteiger partial charge is 0.390 e. The second-order valence-electron chi connectivity index (χ2n) is 5.28. The molecule has 0 aliphatic carbocycles. The molecule has 1 saturated heterocycles. The standard InChI is InChI=1S/C15H19N3O2/c1-10-5-6-13(11(2)8-10)18-15(12(9-19)16-17-18)14-4-3-7-20-14/h5-6,8,14,19H,3-4,7,9H2,1-2H3. The minimum atomic E-state index is -0.111. The van der Waals surface area contributed by atoms with Crippen molar-refractivity contribution < 1.29 is 9.84 Å². The molecule has 1 atom stereocenters. The number of hydrogen-bond donors (Lipinski definition) is 1. The van der Waals surface area contributed by atoms with E-state index in [0.717, 1.165) is 36.4 Å². The van der Waals surface area contributed by atoms with E-state index < -0.39 is 0 Å². The van der Waals surface area contributed by atoms with Crippen molar-refractivity contribution in [3.05, 3.63) is 40.7 Å². The zero-order valence-electron chi connectivity index (χ0n) is 11.8. The molecule has 2 aromatic rings. The van der Waals surface area contributed by atoms with Gasteiger partial charge in [-0.3, -0.25) is 0 Å². The normalized spacial score (nSPS) is 18.6. The van der Waals surface area contributed by atoms with Crippen LogP contribution in [-0.2, 0) is 11.3 Å². The van der Waals surface area contributed by atoms with Gasteiger partial charge >= 0.3 is 0 Å². The van der Waals surface area contributed by atoms with Crippen LogP contribution in [0, 0.1) is 13.8 Å². The van der Waals surface area contributed by atoms with Crippen molar-refractivity contribution in [1.29, 1.82) is 0 Å². The van der Waals surface area contributed by atoms with Crippen LogP contribution in [-0.4, -0.2) is 26.7 Å². The molecule has 1 aromatic heterocycles. The quantitative estimate of drug-likeness (QED) is 0.931. The molecule has 5 heteroatoms. The third-order valence-electron chi connectivity index (χ3n) is 3.74. The number of aromatic nitrogens is 3. The van der Waals surface area contributed by atoms with E-state index >= 15 is 0 Å². The van der Waals surface area contributed by atoms with Gasteiger partial charge in [-0.15, -0.1) is 5.10 Å². The van der Waals surface area contributed by atoms with Gasteiger partial charge in [0, 0.05) is 6.61 Å². The van der Waals surface area contributed by atoms with E-state index in [1.165, 1.54) is 5.56 Å². The summed E-state index contributed by atoms with van der Waals surface area (Å²) in [6.45, 7) is 4.77. The number of benzene rings is 1. The van der Waals surface area contributed by atoms with Crippen molar-refractivity contribution in [1.82, 2.24) is 15.0 Å². The lowest BCUT2D eigenvalue weighted by Gasteiger charge is -2.15. The fourth-order valence-corrected chi connectivity index (χ4v) is 2.77. The molecule has 2 heterocycles. The van der Waals surface area contributed by atoms with Gasteiger partial charge in [0.15, 0.2) is 0 Å². The number of nitrogens with zero attached hydrogens (tertiary/aromatic N) is 3. The Labute approximate surface area is 118 Å². The highest BCUT2D eigenvalue weighted by Gasteiger charge is 2.27. The maximum Gasteiger partial charge on any atom is 0.114 e. The van der Waals surface area contributed by atoms with Gasteiger partial charge in [0.05, 0.1) is 18.0 Å². The Morgan fingerprint density at radius 3 is 2.90 bits per heavy atom. The molecule has 5 nitrogen and oxygen atoms in total. The monoisotopic (exact) mass is 273 g/mol. The summed E-state index contributed by atoms with van der Waals surface area (Å²) in [6.07, 6.45) is 1.96. The van der Waals surface area contributed by atoms with Crippen molar-refractivity contribution in [2.45, 2.75) is 39.4 Å². The van der Waals surface area contributed by atoms with Crippen molar-refractivity contribution in [2.24, 2.45) is 0 Å². The summed E-state index contributed by atoms with van der Waals surface area (Å²) >= 11 is 0. The van der Waals surface area contributed by atoms with E-state index in [9.17, 15) is 5.11 Å². The van der Waals surface area contributed by atoms with Crippen molar-refractivity contribution in [3.63, 3.8) is 0 Å². The molecule has 0 bridgehead atoms. The Hall–Kier alpha value is -1.72. The molecule has 1 unspecified atom stereocenters. The first kappa shape index (κ1) is 13.3. The first-order chi connectivity index (χ1) is 9.70. The fourth-order valence-electron chi connectivity index (χ4n) is 2.77. The van der Waals surface area contributed by atoms with Gasteiger partial charge in [0.2, 0.25) is 0 Å². The molecule has 0 saturated carbocycles. The van der Waals surface area contributed by atoms with Crippen molar-refractivity contribution >= 4 is 0 Å². The zero-order valence-corrected chi connectivity index (χ0v) is 11.8. The molecule has 1 aromatic carbocycles. The lowest BCUT2D eigenvalue weighted by atomic mass is 10.1. The molecule has 0 radical (unpaired) electrons. The third-order valence-corrected chi connectivity index (χ3v) is 3.74. The molecule has 1 fully saturated rings. The molecule has 0 spiro atoms. The van der Waals surface area contributed by atoms with Crippen molar-refractivity contribution in [3.8, 4) is 5.69 Å². The summed E-state index contributed by atoms with van der Waals surface area (Å²) in [6, 6.07) is 6.22. The van der Waals surface area contributed by atoms with Crippen LogP contribution in [0.2, 0.25) is 0 Å². The maximum absolute atomic E-state index is 9.48. The first-order valence-corrected chi connectivity index (χ1v) is 6.95. The van der Waals surface area contributed by atoms with E-state index in [1.807, 2.05) is 10.7 Å². The highest BCUT2D eigenvalue weighted by molar-refractivity contribution is 5.43. The van der Waals surface area contributed by atoms with Crippen LogP contribution >= 0.6 is 0 Å². The average molecular weight is 273 g/mol. The Balaban J connectivity index is 2.11. The third kappa shape index (κ3) is 2.23. The SMILES string of the molecule is Cc1ccc(-n2nnc(CO)c2C2CCCO2)c(C)c1. The lowest BCUT2D eigenvalue weighted by Crippen LogP contribution is -2.10. The topological polar surface area (TPSA) is 60.2 Å². The molecule has 1 N–H and O–H groups in total. The number of hydrogen-bond acceptors (Lipinski definition) is 4. The van der Waals surface area contributed by atoms with Gasteiger partial charge in [0.25, 0.3) is 0 Å². The molecule has 20 heavy (non-hydrogen) atoms. The maximum atomic E-state index is 9.48. The first-order valence-electron chi connectivity index (χ1n) is 6.95. The van der Waals surface area contributed by atoms with E-state index in [2.05, 4.69) is 36.3 Å². The Bertz CT molecular complexity index is 616. The zero-order chi connectivity index (χ0) is 14.1. The summed E-state index contributed by atoms with van der Waals surface area (Å²) < 4.78 is 7.57. The van der Waals surface area contributed by atoms with Crippen LogP contribution in [0.15, 0.2) is 18.2 Å². The Kier molecular flexibility index (Phi) is 3.54. The van der Waals surface area contributed by atoms with Crippen LogP contribution in [0.4, 0.5) is 0 Å². The summed E-state index contributed by atoms with van der Waals surface area (Å²) in [5, 5.41) is 17.8. The van der Waals surface area contributed by atoms with Gasteiger partial charge in [-0.25, -0.2) is 4.68 Å². The fraction of sp³-hybridized carbons (Fsp3) is 0.467. The second-order valence-corrected chi connectivity index (χ2v) is 5.28. The molecule has 3 rings (SSSR count). The smallest absolute Gasteiger partial charge is 0.114 e. The molecular formula is C15H19N3O2. The van der Waals surface area contributed by atoms with Crippen LogP contribution in [0.1, 0.15) is 41.5 Å². The Morgan fingerprint density at radius 1 is 1.40 bits per heavy atom. The van der Waals surface area contributed by atoms with E-state index in [1.54, 1.807) is 0 Å². The number of aliphatic hydroxyl groups excluding tert-OH is 1. The molecule has 1 aliphatic heterocycles. The molecule has 0 amide bonds. The highest BCUT2D eigenvalue weighted by atomic mass is 16.5. The number of aryl methyl sites for hydroxylation is 2.